The van der Waals surface area contributed by atoms with Crippen molar-refractivity contribution in [3.05, 3.63) is 11.6 Å². The molecule has 7 unspecified atom stereocenters. The van der Waals surface area contributed by atoms with Crippen LogP contribution < -0.4 is 0 Å². The highest BCUT2D eigenvalue weighted by Crippen LogP contribution is 2.67. The lowest BCUT2D eigenvalue weighted by atomic mass is 9.47. The van der Waals surface area contributed by atoms with E-state index in [1.165, 1.54) is 96.3 Å². The Kier molecular flexibility index (Phi) is 6.18. The minimum absolute atomic E-state index is 0.571. The lowest BCUT2D eigenvalue weighted by molar-refractivity contribution is -0.0507. The highest BCUT2D eigenvalue weighted by Gasteiger charge is 2.58. The number of hydrogen-bond acceptors (Lipinski definition) is 0. The molecule has 0 N–H and O–H groups in total. The van der Waals surface area contributed by atoms with Crippen LogP contribution in [0.4, 0.5) is 0 Å². The average Bonchev–Trinajstić information content (AvgIpc) is 3.36. The van der Waals surface area contributed by atoms with E-state index in [1.54, 1.807) is 12.8 Å². The van der Waals surface area contributed by atoms with E-state index in [1.807, 2.05) is 5.57 Å². The zero-order valence-corrected chi connectivity index (χ0v) is 21.5. The number of allylic oxidation sites excluding steroid dienone is 2. The van der Waals surface area contributed by atoms with Crippen molar-refractivity contribution in [3.63, 3.8) is 0 Å². The van der Waals surface area contributed by atoms with Crippen molar-refractivity contribution in [2.75, 3.05) is 0 Å². The normalized spacial score (nSPS) is 44.8. The molecule has 4 fully saturated rings. The van der Waals surface area contributed by atoms with Crippen LogP contribution in [0.2, 0.25) is 0 Å². The lowest BCUT2D eigenvalue weighted by Gasteiger charge is -2.58. The van der Waals surface area contributed by atoms with Crippen molar-refractivity contribution < 1.29 is 0 Å². The van der Waals surface area contributed by atoms with Gasteiger partial charge in [-0.2, -0.15) is 0 Å². The molecule has 5 rings (SSSR count). The Hall–Kier alpha value is -0.260. The minimum Gasteiger partial charge on any atom is -0.0845 e. The maximum absolute atomic E-state index is 2.77. The smallest absolute Gasteiger partial charge is 0.00853 e. The maximum Gasteiger partial charge on any atom is -0.00853 e. The van der Waals surface area contributed by atoms with Gasteiger partial charge in [0.2, 0.25) is 0 Å². The summed E-state index contributed by atoms with van der Waals surface area (Å²) in [4.78, 5) is 0. The molecule has 4 saturated carbocycles. The van der Waals surface area contributed by atoms with Crippen molar-refractivity contribution in [1.82, 2.24) is 0 Å². The van der Waals surface area contributed by atoms with Crippen LogP contribution in [-0.2, 0) is 0 Å². The molecule has 7 atom stereocenters. The first-order valence-corrected chi connectivity index (χ1v) is 14.6. The molecule has 5 aliphatic rings. The van der Waals surface area contributed by atoms with Crippen LogP contribution in [0.5, 0.6) is 0 Å². The van der Waals surface area contributed by atoms with Crippen LogP contribution in [0.1, 0.15) is 137 Å². The second-order valence-electron chi connectivity index (χ2n) is 13.7. The molecule has 0 bridgehead atoms. The minimum atomic E-state index is 0.571. The first-order chi connectivity index (χ1) is 14.9. The molecule has 0 aliphatic heterocycles. The molecular weight excluding hydrogens is 372 g/mol. The van der Waals surface area contributed by atoms with Gasteiger partial charge in [0, 0.05) is 0 Å². The van der Waals surface area contributed by atoms with Crippen LogP contribution in [0.15, 0.2) is 11.6 Å². The van der Waals surface area contributed by atoms with Gasteiger partial charge in [-0.15, -0.1) is 0 Å². The summed E-state index contributed by atoms with van der Waals surface area (Å²) < 4.78 is 0. The van der Waals surface area contributed by atoms with Crippen molar-refractivity contribution in [3.8, 4) is 0 Å². The second kappa shape index (κ2) is 8.51. The summed E-state index contributed by atoms with van der Waals surface area (Å²) >= 11 is 0. The van der Waals surface area contributed by atoms with Gasteiger partial charge in [-0.3, -0.25) is 0 Å². The molecule has 0 nitrogen and oxygen atoms in total. The number of hydrogen-bond donors (Lipinski definition) is 0. The molecule has 0 spiro atoms. The summed E-state index contributed by atoms with van der Waals surface area (Å²) in [5, 5.41) is 0. The second-order valence-corrected chi connectivity index (χ2v) is 13.7. The van der Waals surface area contributed by atoms with Crippen LogP contribution in [0.3, 0.4) is 0 Å². The van der Waals surface area contributed by atoms with Crippen molar-refractivity contribution in [1.29, 1.82) is 0 Å². The molecule has 0 heterocycles. The van der Waals surface area contributed by atoms with E-state index in [-0.39, 0.29) is 0 Å². The summed E-state index contributed by atoms with van der Waals surface area (Å²) in [6, 6.07) is 0. The predicted octanol–water partition coefficient (Wildman–Crippen LogP) is 9.73. The molecule has 176 valence electrons. The molecule has 0 aromatic rings. The van der Waals surface area contributed by atoms with E-state index < -0.39 is 0 Å². The first kappa shape index (κ1) is 22.5. The third-order valence-corrected chi connectivity index (χ3v) is 12.4. The Morgan fingerprint density at radius 1 is 0.903 bits per heavy atom. The Bertz CT molecular complexity index is 666. The third kappa shape index (κ3) is 3.69. The Morgan fingerprint density at radius 3 is 2.45 bits per heavy atom. The zero-order chi connectivity index (χ0) is 21.7. The maximum atomic E-state index is 2.77. The van der Waals surface area contributed by atoms with Gasteiger partial charge >= 0.3 is 0 Å². The van der Waals surface area contributed by atoms with Gasteiger partial charge in [0.15, 0.2) is 0 Å². The summed E-state index contributed by atoms with van der Waals surface area (Å²) in [7, 11) is 0. The molecule has 0 heteroatoms. The quantitative estimate of drug-likeness (QED) is 0.372. The molecule has 0 aromatic carbocycles. The van der Waals surface area contributed by atoms with E-state index in [2.05, 4.69) is 33.8 Å². The molecule has 0 saturated heterocycles. The van der Waals surface area contributed by atoms with Crippen molar-refractivity contribution >= 4 is 0 Å². The monoisotopic (exact) mass is 424 g/mol. The summed E-state index contributed by atoms with van der Waals surface area (Å²) in [6.45, 7) is 10.5. The fourth-order valence-electron chi connectivity index (χ4n) is 10.7. The van der Waals surface area contributed by atoms with Gasteiger partial charge in [-0.25, -0.2) is 0 Å². The Morgan fingerprint density at radius 2 is 1.68 bits per heavy atom. The molecule has 0 radical (unpaired) electrons. The van der Waals surface area contributed by atoms with Gasteiger partial charge in [0.1, 0.15) is 0 Å². The van der Waals surface area contributed by atoms with Crippen LogP contribution in [0, 0.1) is 45.8 Å². The van der Waals surface area contributed by atoms with E-state index in [0.29, 0.717) is 10.8 Å². The fraction of sp³-hybridized carbons (Fsp3) is 0.935. The Balaban J connectivity index is 1.28. The summed E-state index contributed by atoms with van der Waals surface area (Å²) in [6.07, 6.45) is 28.2. The topological polar surface area (TPSA) is 0 Å². The highest BCUT2D eigenvalue weighted by molar-refractivity contribution is 5.24. The van der Waals surface area contributed by atoms with Gasteiger partial charge in [-0.05, 0) is 129 Å². The lowest BCUT2D eigenvalue weighted by Crippen LogP contribution is -2.50. The largest absolute Gasteiger partial charge is 0.0845 e. The highest BCUT2D eigenvalue weighted by atomic mass is 14.6. The van der Waals surface area contributed by atoms with Gasteiger partial charge in [-0.1, -0.05) is 65.0 Å². The first-order valence-electron chi connectivity index (χ1n) is 14.6. The molecule has 0 aromatic heterocycles. The van der Waals surface area contributed by atoms with Gasteiger partial charge in [0.25, 0.3) is 0 Å². The van der Waals surface area contributed by atoms with E-state index in [0.717, 1.165) is 35.0 Å². The van der Waals surface area contributed by atoms with E-state index in [4.69, 9.17) is 0 Å². The van der Waals surface area contributed by atoms with Crippen molar-refractivity contribution in [2.24, 2.45) is 45.8 Å². The van der Waals surface area contributed by atoms with Crippen molar-refractivity contribution in [2.45, 2.75) is 137 Å². The van der Waals surface area contributed by atoms with E-state index in [9.17, 15) is 0 Å². The SMILES string of the molecule is CCCC1(CCC(C)C2CCC3C4CC=C5CCCCC5(C)C4CCC23C)CCCC1. The molecule has 31 heavy (non-hydrogen) atoms. The standard InChI is InChI=1S/C31H52/c1-5-17-31(19-8-9-20-31)22-15-23(2)26-13-14-27-25-12-11-24-10-6-7-18-29(24,3)28(25)16-21-30(26,27)4/h11,23,25-28H,5-10,12-22H2,1-4H3. The fourth-order valence-corrected chi connectivity index (χ4v) is 10.7. The van der Waals surface area contributed by atoms with E-state index >= 15 is 0 Å². The third-order valence-electron chi connectivity index (χ3n) is 12.4. The zero-order valence-electron chi connectivity index (χ0n) is 21.5. The van der Waals surface area contributed by atoms with Crippen LogP contribution in [0.25, 0.3) is 0 Å². The summed E-state index contributed by atoms with van der Waals surface area (Å²) in [5.74, 6) is 4.98. The summed E-state index contributed by atoms with van der Waals surface area (Å²) in [5.41, 5.74) is 3.83. The van der Waals surface area contributed by atoms with Gasteiger partial charge in [0.05, 0.1) is 0 Å². The van der Waals surface area contributed by atoms with Crippen LogP contribution >= 0.6 is 0 Å². The number of fused-ring (bicyclic) bond motifs is 5. The van der Waals surface area contributed by atoms with Crippen LogP contribution in [-0.4, -0.2) is 0 Å². The number of rotatable bonds is 6. The molecule has 5 aliphatic carbocycles. The molecular formula is C31H52. The average molecular weight is 425 g/mol. The van der Waals surface area contributed by atoms with Gasteiger partial charge < -0.3 is 0 Å². The Labute approximate surface area is 194 Å². The predicted molar refractivity (Wildman–Crippen MR) is 134 cm³/mol. The molecule has 0 amide bonds.